The van der Waals surface area contributed by atoms with Gasteiger partial charge in [-0.1, -0.05) is 25.7 Å². The second kappa shape index (κ2) is 27.2. The van der Waals surface area contributed by atoms with Crippen molar-refractivity contribution in [2.24, 2.45) is 39.9 Å². The molecule has 12 nitrogen and oxygen atoms in total. The Balaban J connectivity index is 1.70. The van der Waals surface area contributed by atoms with Crippen molar-refractivity contribution >= 4 is 49.7 Å². The molecular weight excluding hydrogens is 649 g/mol. The lowest BCUT2D eigenvalue weighted by Crippen LogP contribution is -2.16. The van der Waals surface area contributed by atoms with Crippen LogP contribution in [0.25, 0.3) is 0 Å². The number of allylic oxidation sites excluding steroid dienone is 4. The van der Waals surface area contributed by atoms with E-state index in [1.165, 1.54) is 25.7 Å². The summed E-state index contributed by atoms with van der Waals surface area (Å²) in [6.07, 6.45) is 33.1. The summed E-state index contributed by atoms with van der Waals surface area (Å²) in [4.78, 5) is 46.1. The van der Waals surface area contributed by atoms with Crippen LogP contribution in [0.1, 0.15) is 51.4 Å². The first kappa shape index (κ1) is 41.9. The summed E-state index contributed by atoms with van der Waals surface area (Å²) >= 11 is 0. The maximum absolute atomic E-state index is 4.64. The Morgan fingerprint density at radius 2 is 0.462 bits per heavy atom. The largest absolute Gasteiger partial charge is 0.380 e. The van der Waals surface area contributed by atoms with Crippen LogP contribution in [0, 0.1) is 0 Å². The molecule has 0 spiro atoms. The third-order valence-corrected chi connectivity index (χ3v) is 8.38. The molecule has 6 aliphatic rings. The van der Waals surface area contributed by atoms with Gasteiger partial charge in [0.1, 0.15) is 0 Å². The summed E-state index contributed by atoms with van der Waals surface area (Å²) in [6.45, 7) is 8.97. The van der Waals surface area contributed by atoms with Crippen molar-refractivity contribution in [2.45, 2.75) is 51.4 Å². The van der Waals surface area contributed by atoms with Gasteiger partial charge in [0.25, 0.3) is 0 Å². The number of nitrogens with zero attached hydrogens (tertiary/aromatic N) is 12. The molecule has 52 heavy (non-hydrogen) atoms. The lowest BCUT2D eigenvalue weighted by molar-refractivity contribution is 0.406. The molecule has 0 N–H and O–H groups in total. The van der Waals surface area contributed by atoms with Gasteiger partial charge in [0, 0.05) is 151 Å². The standard InChI is InChI=1S/C40H64N12/c1-49-21-9-5-6-10-22-50(2)34-39-29-45-17-19-47-31-40(32-48-20-18-46-30-39)36-52(4)24-12-8-7-11-23-51(3)35-38-27-43-15-13-41-25-37(33-49)26-42-14-16-44-28-38/h25-36H,5-24H2,1-4H3. The van der Waals surface area contributed by atoms with Crippen molar-refractivity contribution in [1.29, 1.82) is 0 Å². The minimum Gasteiger partial charge on any atom is -0.380 e. The highest BCUT2D eigenvalue weighted by molar-refractivity contribution is 6.05. The van der Waals surface area contributed by atoms with Gasteiger partial charge in [-0.25, -0.2) is 0 Å². The maximum atomic E-state index is 4.64. The van der Waals surface area contributed by atoms with Gasteiger partial charge < -0.3 is 19.6 Å². The highest BCUT2D eigenvalue weighted by Crippen LogP contribution is 2.07. The molecule has 4 bridgehead atoms. The van der Waals surface area contributed by atoms with Gasteiger partial charge >= 0.3 is 0 Å². The van der Waals surface area contributed by atoms with E-state index in [-0.39, 0.29) is 0 Å². The van der Waals surface area contributed by atoms with Gasteiger partial charge in [-0.2, -0.15) is 0 Å². The normalized spacial score (nSPS) is 21.2. The van der Waals surface area contributed by atoms with Crippen molar-refractivity contribution in [3.8, 4) is 0 Å². The van der Waals surface area contributed by atoms with E-state index < -0.39 is 0 Å². The zero-order valence-electron chi connectivity index (χ0n) is 32.4. The van der Waals surface area contributed by atoms with Crippen LogP contribution in [0.3, 0.4) is 0 Å². The summed E-state index contributed by atoms with van der Waals surface area (Å²) in [5.74, 6) is 0. The van der Waals surface area contributed by atoms with Crippen LogP contribution in [0.5, 0.6) is 0 Å². The lowest BCUT2D eigenvalue weighted by atomic mass is 10.2. The topological polar surface area (TPSA) is 112 Å². The fourth-order valence-corrected chi connectivity index (χ4v) is 5.65. The summed E-state index contributed by atoms with van der Waals surface area (Å²) < 4.78 is 0. The number of hydrogen-bond donors (Lipinski definition) is 0. The molecule has 0 aromatic heterocycles. The zero-order valence-corrected chi connectivity index (χ0v) is 32.4. The average molecular weight is 713 g/mol. The fourth-order valence-electron chi connectivity index (χ4n) is 5.65. The van der Waals surface area contributed by atoms with E-state index in [1.54, 1.807) is 0 Å². The van der Waals surface area contributed by atoms with E-state index in [0.717, 1.165) is 74.2 Å². The molecule has 6 aliphatic heterocycles. The molecule has 0 fully saturated rings. The Hall–Kier alpha value is -4.48. The molecule has 0 atom stereocenters. The van der Waals surface area contributed by atoms with Gasteiger partial charge in [-0.05, 0) is 25.7 Å². The Morgan fingerprint density at radius 1 is 0.288 bits per heavy atom. The second-order valence-corrected chi connectivity index (χ2v) is 13.5. The summed E-state index contributed by atoms with van der Waals surface area (Å²) in [6, 6.07) is 0. The summed E-state index contributed by atoms with van der Waals surface area (Å²) in [5.41, 5.74) is 3.98. The van der Waals surface area contributed by atoms with E-state index >= 15 is 0 Å². The first-order chi connectivity index (χ1) is 25.5. The van der Waals surface area contributed by atoms with Crippen molar-refractivity contribution < 1.29 is 0 Å². The third-order valence-electron chi connectivity index (χ3n) is 8.38. The predicted molar refractivity (Wildman–Crippen MR) is 227 cm³/mol. The van der Waals surface area contributed by atoms with E-state index in [4.69, 9.17) is 0 Å². The number of aliphatic imine (C=N–C) groups is 8. The average Bonchev–Trinajstić information content (AvgIpc) is 3.11. The van der Waals surface area contributed by atoms with Crippen LogP contribution in [-0.2, 0) is 0 Å². The molecule has 0 radical (unpaired) electrons. The molecule has 0 aliphatic carbocycles. The molecule has 6 rings (SSSR count). The Labute approximate surface area is 313 Å². The molecule has 284 valence electrons. The minimum absolute atomic E-state index is 0.629. The van der Waals surface area contributed by atoms with Gasteiger partial charge in [-0.15, -0.1) is 0 Å². The molecule has 0 saturated carbocycles. The molecule has 12 heteroatoms. The van der Waals surface area contributed by atoms with Crippen molar-refractivity contribution in [2.75, 3.05) is 107 Å². The molecule has 6 heterocycles. The van der Waals surface area contributed by atoms with Crippen LogP contribution < -0.4 is 0 Å². The molecule has 0 unspecified atom stereocenters. The summed E-state index contributed by atoms with van der Waals surface area (Å²) in [7, 11) is 8.49. The van der Waals surface area contributed by atoms with E-state index in [1.807, 2.05) is 49.7 Å². The first-order valence-corrected chi connectivity index (χ1v) is 19.1. The Morgan fingerprint density at radius 3 is 0.635 bits per heavy atom. The number of rotatable bonds is 0. The van der Waals surface area contributed by atoms with Gasteiger partial charge in [0.05, 0.1) is 52.4 Å². The Bertz CT molecular complexity index is 1110. The Kier molecular flexibility index (Phi) is 21.9. The monoisotopic (exact) mass is 713 g/mol. The highest BCUT2D eigenvalue weighted by Gasteiger charge is 2.02. The van der Waals surface area contributed by atoms with Crippen LogP contribution >= 0.6 is 0 Å². The van der Waals surface area contributed by atoms with Crippen LogP contribution in [0.4, 0.5) is 0 Å². The minimum atomic E-state index is 0.629. The molecule has 0 aromatic carbocycles. The maximum Gasteiger partial charge on any atom is 0.0585 e. The van der Waals surface area contributed by atoms with E-state index in [9.17, 15) is 0 Å². The summed E-state index contributed by atoms with van der Waals surface area (Å²) in [5, 5.41) is 0. The van der Waals surface area contributed by atoms with E-state index in [0.29, 0.717) is 52.4 Å². The fraction of sp³-hybridized carbons (Fsp3) is 0.600. The molecule has 0 saturated heterocycles. The first-order valence-electron chi connectivity index (χ1n) is 19.1. The smallest absolute Gasteiger partial charge is 0.0585 e. The van der Waals surface area contributed by atoms with Crippen molar-refractivity contribution in [3.05, 3.63) is 47.1 Å². The van der Waals surface area contributed by atoms with Crippen molar-refractivity contribution in [3.63, 3.8) is 0 Å². The second-order valence-electron chi connectivity index (χ2n) is 13.5. The van der Waals surface area contributed by atoms with E-state index in [2.05, 4.69) is 113 Å². The third kappa shape index (κ3) is 21.0. The van der Waals surface area contributed by atoms with Crippen LogP contribution in [0.15, 0.2) is 87.0 Å². The molecule has 0 amide bonds. The van der Waals surface area contributed by atoms with Gasteiger partial charge in [0.2, 0.25) is 0 Å². The molecule has 0 aromatic rings. The van der Waals surface area contributed by atoms with Crippen molar-refractivity contribution in [1.82, 2.24) is 19.6 Å². The lowest BCUT2D eigenvalue weighted by Gasteiger charge is -2.16. The quantitative estimate of drug-likeness (QED) is 0.353. The van der Waals surface area contributed by atoms with Crippen LogP contribution in [-0.4, -0.2) is 176 Å². The predicted octanol–water partition coefficient (Wildman–Crippen LogP) is 4.98. The number of hydrogen-bond acceptors (Lipinski definition) is 12. The molecular formula is C40H64N12. The highest BCUT2D eigenvalue weighted by atomic mass is 15.1. The zero-order chi connectivity index (χ0) is 36.9. The SMILES string of the molecule is CN1C=C2C=NCCN=CC(=CN(C)CCCCCCN(C)C=C3C=NCCN=CC(=CN(C)CCCCCC1)C=NCCN=C3)C=NCCN=C2. The van der Waals surface area contributed by atoms with Crippen LogP contribution in [0.2, 0.25) is 0 Å². The van der Waals surface area contributed by atoms with Gasteiger partial charge in [-0.3, -0.25) is 39.9 Å². The van der Waals surface area contributed by atoms with Gasteiger partial charge in [0.15, 0.2) is 0 Å².